The van der Waals surface area contributed by atoms with Gasteiger partial charge in [-0.2, -0.15) is 0 Å². The SMILES string of the molecule is C#CCOc1ccc(-c2cccc(=O)n2CC)c(Cl)c1. The fourth-order valence-corrected chi connectivity index (χ4v) is 2.27. The average Bonchev–Trinajstić information content (AvgIpc) is 2.45. The van der Waals surface area contributed by atoms with Crippen LogP contribution >= 0.6 is 11.6 Å². The molecule has 4 heteroatoms. The van der Waals surface area contributed by atoms with E-state index in [0.717, 1.165) is 11.3 Å². The van der Waals surface area contributed by atoms with Gasteiger partial charge < -0.3 is 9.30 Å². The van der Waals surface area contributed by atoms with Gasteiger partial charge in [0.25, 0.3) is 5.56 Å². The molecular formula is C16H14ClNO2. The number of halogens is 1. The van der Waals surface area contributed by atoms with Crippen LogP contribution in [0.5, 0.6) is 5.75 Å². The van der Waals surface area contributed by atoms with E-state index in [2.05, 4.69) is 5.92 Å². The van der Waals surface area contributed by atoms with Gasteiger partial charge in [-0.1, -0.05) is 23.6 Å². The first-order chi connectivity index (χ1) is 9.67. The van der Waals surface area contributed by atoms with Crippen LogP contribution in [-0.2, 0) is 6.54 Å². The highest BCUT2D eigenvalue weighted by Gasteiger charge is 2.09. The van der Waals surface area contributed by atoms with E-state index in [4.69, 9.17) is 22.8 Å². The van der Waals surface area contributed by atoms with Crippen LogP contribution in [0.4, 0.5) is 0 Å². The molecule has 1 heterocycles. The first kappa shape index (κ1) is 14.2. The first-order valence-electron chi connectivity index (χ1n) is 6.23. The molecule has 2 rings (SSSR count). The fraction of sp³-hybridized carbons (Fsp3) is 0.188. The van der Waals surface area contributed by atoms with Crippen LogP contribution in [0.25, 0.3) is 11.3 Å². The number of pyridine rings is 1. The minimum absolute atomic E-state index is 0.0475. The molecule has 0 bridgehead atoms. The predicted molar refractivity (Wildman–Crippen MR) is 81.2 cm³/mol. The van der Waals surface area contributed by atoms with E-state index in [-0.39, 0.29) is 12.2 Å². The van der Waals surface area contributed by atoms with Crippen molar-refractivity contribution in [3.8, 4) is 29.4 Å². The largest absolute Gasteiger partial charge is 0.481 e. The lowest BCUT2D eigenvalue weighted by Gasteiger charge is -2.13. The topological polar surface area (TPSA) is 31.2 Å². The van der Waals surface area contributed by atoms with Crippen molar-refractivity contribution in [2.45, 2.75) is 13.5 Å². The lowest BCUT2D eigenvalue weighted by Crippen LogP contribution is -2.19. The molecular weight excluding hydrogens is 274 g/mol. The number of rotatable bonds is 4. The molecule has 1 aromatic carbocycles. The standard InChI is InChI=1S/C16H14ClNO2/c1-3-10-20-12-8-9-13(14(17)11-12)15-6-5-7-16(19)18(15)4-2/h1,5-9,11H,4,10H2,2H3. The molecule has 0 atom stereocenters. The van der Waals surface area contributed by atoms with Gasteiger partial charge in [-0.3, -0.25) is 4.79 Å². The minimum atomic E-state index is -0.0475. The zero-order valence-corrected chi connectivity index (χ0v) is 11.9. The Bertz CT molecular complexity index is 713. The van der Waals surface area contributed by atoms with Crippen molar-refractivity contribution in [1.82, 2.24) is 4.57 Å². The highest BCUT2D eigenvalue weighted by Crippen LogP contribution is 2.30. The van der Waals surface area contributed by atoms with Crippen LogP contribution in [-0.4, -0.2) is 11.2 Å². The van der Waals surface area contributed by atoms with Gasteiger partial charge in [0, 0.05) is 18.2 Å². The highest BCUT2D eigenvalue weighted by atomic mass is 35.5. The number of terminal acetylenes is 1. The van der Waals surface area contributed by atoms with Gasteiger partial charge in [-0.25, -0.2) is 0 Å². The van der Waals surface area contributed by atoms with Gasteiger partial charge >= 0.3 is 0 Å². The summed E-state index contributed by atoms with van der Waals surface area (Å²) in [6.45, 7) is 2.70. The summed E-state index contributed by atoms with van der Waals surface area (Å²) >= 11 is 6.28. The Morgan fingerprint density at radius 3 is 2.80 bits per heavy atom. The molecule has 0 amide bonds. The number of nitrogens with zero attached hydrogens (tertiary/aromatic N) is 1. The minimum Gasteiger partial charge on any atom is -0.481 e. The van der Waals surface area contributed by atoms with Crippen molar-refractivity contribution in [2.24, 2.45) is 0 Å². The van der Waals surface area contributed by atoms with Crippen LogP contribution in [0.3, 0.4) is 0 Å². The number of hydrogen-bond acceptors (Lipinski definition) is 2. The van der Waals surface area contributed by atoms with Crippen molar-refractivity contribution in [3.05, 3.63) is 51.8 Å². The summed E-state index contributed by atoms with van der Waals surface area (Å²) in [7, 11) is 0. The van der Waals surface area contributed by atoms with Crippen LogP contribution in [0, 0.1) is 12.3 Å². The van der Waals surface area contributed by atoms with Gasteiger partial charge in [-0.15, -0.1) is 6.42 Å². The summed E-state index contributed by atoms with van der Waals surface area (Å²) in [5, 5.41) is 0.521. The molecule has 0 unspecified atom stereocenters. The molecule has 0 aliphatic carbocycles. The quantitative estimate of drug-likeness (QED) is 0.809. The Hall–Kier alpha value is -2.18. The number of benzene rings is 1. The molecule has 102 valence electrons. The Kier molecular flexibility index (Phi) is 4.49. The summed E-state index contributed by atoms with van der Waals surface area (Å²) < 4.78 is 6.99. The van der Waals surface area contributed by atoms with E-state index in [9.17, 15) is 4.79 Å². The molecule has 0 aliphatic heterocycles. The second-order valence-electron chi connectivity index (χ2n) is 4.13. The van der Waals surface area contributed by atoms with Crippen molar-refractivity contribution in [2.75, 3.05) is 6.61 Å². The maximum absolute atomic E-state index is 11.8. The Morgan fingerprint density at radius 1 is 1.35 bits per heavy atom. The molecule has 0 saturated carbocycles. The predicted octanol–water partition coefficient (Wildman–Crippen LogP) is 3.20. The summed E-state index contributed by atoms with van der Waals surface area (Å²) in [5.74, 6) is 3.01. The first-order valence-corrected chi connectivity index (χ1v) is 6.61. The van der Waals surface area contributed by atoms with Crippen molar-refractivity contribution in [1.29, 1.82) is 0 Å². The molecule has 3 nitrogen and oxygen atoms in total. The van der Waals surface area contributed by atoms with Crippen LogP contribution in [0.1, 0.15) is 6.92 Å². The molecule has 0 radical (unpaired) electrons. The third kappa shape index (κ3) is 2.87. The highest BCUT2D eigenvalue weighted by molar-refractivity contribution is 6.33. The third-order valence-electron chi connectivity index (χ3n) is 2.90. The van der Waals surface area contributed by atoms with Gasteiger partial charge in [0.05, 0.1) is 10.7 Å². The van der Waals surface area contributed by atoms with Crippen LogP contribution in [0.15, 0.2) is 41.2 Å². The van der Waals surface area contributed by atoms with E-state index in [0.29, 0.717) is 17.3 Å². The van der Waals surface area contributed by atoms with Crippen molar-refractivity contribution >= 4 is 11.6 Å². The van der Waals surface area contributed by atoms with Gasteiger partial charge in [0.1, 0.15) is 12.4 Å². The smallest absolute Gasteiger partial charge is 0.250 e. The summed E-state index contributed by atoms with van der Waals surface area (Å²) in [5.41, 5.74) is 1.53. The molecule has 0 N–H and O–H groups in total. The van der Waals surface area contributed by atoms with E-state index in [1.807, 2.05) is 19.1 Å². The monoisotopic (exact) mass is 287 g/mol. The van der Waals surface area contributed by atoms with E-state index in [1.54, 1.807) is 22.8 Å². The normalized spacial score (nSPS) is 10.1. The Balaban J connectivity index is 2.47. The zero-order chi connectivity index (χ0) is 14.5. The van der Waals surface area contributed by atoms with E-state index < -0.39 is 0 Å². The molecule has 0 aliphatic rings. The number of hydrogen-bond donors (Lipinski definition) is 0. The molecule has 20 heavy (non-hydrogen) atoms. The van der Waals surface area contributed by atoms with E-state index in [1.165, 1.54) is 6.07 Å². The third-order valence-corrected chi connectivity index (χ3v) is 3.22. The molecule has 0 fully saturated rings. The Morgan fingerprint density at radius 2 is 2.15 bits per heavy atom. The van der Waals surface area contributed by atoms with Crippen LogP contribution in [0.2, 0.25) is 5.02 Å². The second kappa shape index (κ2) is 6.31. The lowest BCUT2D eigenvalue weighted by molar-refractivity contribution is 0.370. The van der Waals surface area contributed by atoms with Crippen molar-refractivity contribution in [3.63, 3.8) is 0 Å². The van der Waals surface area contributed by atoms with Gasteiger partial charge in [-0.05, 0) is 31.2 Å². The number of ether oxygens (including phenoxy) is 1. The average molecular weight is 288 g/mol. The van der Waals surface area contributed by atoms with Gasteiger partial charge in [0.2, 0.25) is 0 Å². The molecule has 0 saturated heterocycles. The molecule has 2 aromatic rings. The Labute approximate surface area is 122 Å². The van der Waals surface area contributed by atoms with Gasteiger partial charge in [0.15, 0.2) is 0 Å². The summed E-state index contributed by atoms with van der Waals surface area (Å²) in [4.78, 5) is 11.8. The summed E-state index contributed by atoms with van der Waals surface area (Å²) in [6.07, 6.45) is 5.14. The molecule has 0 spiro atoms. The zero-order valence-electron chi connectivity index (χ0n) is 11.1. The maximum Gasteiger partial charge on any atom is 0.250 e. The van der Waals surface area contributed by atoms with E-state index >= 15 is 0 Å². The fourth-order valence-electron chi connectivity index (χ4n) is 2.00. The maximum atomic E-state index is 11.8. The van der Waals surface area contributed by atoms with Crippen molar-refractivity contribution < 1.29 is 4.74 Å². The summed E-state index contributed by atoms with van der Waals surface area (Å²) in [6, 6.07) is 10.4. The molecule has 1 aromatic heterocycles. The lowest BCUT2D eigenvalue weighted by atomic mass is 10.1. The second-order valence-corrected chi connectivity index (χ2v) is 4.54. The van der Waals surface area contributed by atoms with Crippen LogP contribution < -0.4 is 10.3 Å². The number of aromatic nitrogens is 1.